The van der Waals surface area contributed by atoms with Gasteiger partial charge in [-0.3, -0.25) is 10.7 Å². The number of amides is 1. The van der Waals surface area contributed by atoms with E-state index in [0.29, 0.717) is 30.9 Å². The fraction of sp³-hybridized carbons (Fsp3) is 0.643. The van der Waals surface area contributed by atoms with Crippen molar-refractivity contribution in [2.24, 2.45) is 11.8 Å². The minimum absolute atomic E-state index is 0.110. The largest absolute Gasteiger partial charge is 0.463 e. The summed E-state index contributed by atoms with van der Waals surface area (Å²) in [5.74, 6) is 0.327. The van der Waals surface area contributed by atoms with Crippen molar-refractivity contribution in [1.29, 1.82) is 5.41 Å². The summed E-state index contributed by atoms with van der Waals surface area (Å²) in [6, 6.07) is 0. The summed E-state index contributed by atoms with van der Waals surface area (Å²) in [7, 11) is 1.26. The molecule has 6 nitrogen and oxygen atoms in total. The van der Waals surface area contributed by atoms with E-state index >= 15 is 0 Å². The lowest BCUT2D eigenvalue weighted by atomic mass is 9.78. The van der Waals surface area contributed by atoms with Crippen molar-refractivity contribution < 1.29 is 19.1 Å². The summed E-state index contributed by atoms with van der Waals surface area (Å²) in [5.41, 5.74) is 0.667. The predicted molar refractivity (Wildman–Crippen MR) is 74.5 cm³/mol. The van der Waals surface area contributed by atoms with Crippen LogP contribution < -0.4 is 5.32 Å². The Morgan fingerprint density at radius 1 is 1.50 bits per heavy atom. The highest BCUT2D eigenvalue weighted by atomic mass is 16.5. The summed E-state index contributed by atoms with van der Waals surface area (Å²) < 4.78 is 9.45. The number of ether oxygens (including phenoxy) is 2. The van der Waals surface area contributed by atoms with E-state index in [-0.39, 0.29) is 17.7 Å². The monoisotopic (exact) mass is 282 g/mol. The summed E-state index contributed by atoms with van der Waals surface area (Å²) >= 11 is 0. The number of methoxy groups -OCH3 is 1. The molecule has 0 aromatic heterocycles. The van der Waals surface area contributed by atoms with Gasteiger partial charge in [0.15, 0.2) is 0 Å². The molecule has 20 heavy (non-hydrogen) atoms. The Hall–Kier alpha value is -1.85. The Morgan fingerprint density at radius 2 is 2.20 bits per heavy atom. The minimum Gasteiger partial charge on any atom is -0.463 e. The number of esters is 1. The van der Waals surface area contributed by atoms with Crippen molar-refractivity contribution in [3.05, 3.63) is 11.6 Å². The smallest absolute Gasteiger partial charge is 0.412 e. The van der Waals surface area contributed by atoms with Crippen LogP contribution in [0.2, 0.25) is 0 Å². The molecule has 0 saturated heterocycles. The molecule has 2 N–H and O–H groups in total. The first-order chi connectivity index (χ1) is 9.47. The van der Waals surface area contributed by atoms with Gasteiger partial charge in [0, 0.05) is 12.0 Å². The van der Waals surface area contributed by atoms with Gasteiger partial charge in [-0.25, -0.2) is 9.59 Å². The molecule has 1 rings (SSSR count). The molecule has 0 saturated carbocycles. The fourth-order valence-electron chi connectivity index (χ4n) is 2.24. The lowest BCUT2D eigenvalue weighted by molar-refractivity contribution is -0.139. The topological polar surface area (TPSA) is 88.5 Å². The van der Waals surface area contributed by atoms with E-state index in [1.807, 2.05) is 6.08 Å². The second-order valence-corrected chi connectivity index (χ2v) is 4.93. The number of hydrogen-bond acceptors (Lipinski definition) is 5. The molecule has 1 amide bonds. The van der Waals surface area contributed by atoms with Gasteiger partial charge in [-0.1, -0.05) is 13.0 Å². The molecule has 0 fully saturated rings. The molecule has 6 heteroatoms. The van der Waals surface area contributed by atoms with Crippen LogP contribution in [-0.4, -0.2) is 31.6 Å². The van der Waals surface area contributed by atoms with Crippen molar-refractivity contribution in [2.45, 2.75) is 33.1 Å². The van der Waals surface area contributed by atoms with Gasteiger partial charge in [-0.2, -0.15) is 0 Å². The van der Waals surface area contributed by atoms with Crippen molar-refractivity contribution in [2.75, 3.05) is 13.7 Å². The highest BCUT2D eigenvalue weighted by Gasteiger charge is 2.27. The quantitative estimate of drug-likeness (QED) is 0.470. The van der Waals surface area contributed by atoms with Crippen LogP contribution in [-0.2, 0) is 14.3 Å². The lowest BCUT2D eigenvalue weighted by Crippen LogP contribution is -2.33. The van der Waals surface area contributed by atoms with Crippen molar-refractivity contribution in [3.63, 3.8) is 0 Å². The number of carbonyl (C=O) groups is 2. The van der Waals surface area contributed by atoms with Crippen LogP contribution in [0.1, 0.15) is 33.1 Å². The molecule has 1 aliphatic carbocycles. The van der Waals surface area contributed by atoms with Gasteiger partial charge in [-0.05, 0) is 31.6 Å². The van der Waals surface area contributed by atoms with Crippen LogP contribution in [0.15, 0.2) is 11.6 Å². The first-order valence-electron chi connectivity index (χ1n) is 6.76. The van der Waals surface area contributed by atoms with Crippen LogP contribution in [0.3, 0.4) is 0 Å². The second kappa shape index (κ2) is 7.67. The Morgan fingerprint density at radius 3 is 2.80 bits per heavy atom. The molecule has 112 valence electrons. The average molecular weight is 282 g/mol. The molecule has 0 bridgehead atoms. The Labute approximate surface area is 119 Å². The number of rotatable bonds is 4. The maximum atomic E-state index is 11.7. The maximum absolute atomic E-state index is 11.7. The summed E-state index contributed by atoms with van der Waals surface area (Å²) in [6.45, 7) is 4.21. The Balaban J connectivity index is 2.58. The normalized spacial score (nSPS) is 21.6. The van der Waals surface area contributed by atoms with Crippen LogP contribution in [0.4, 0.5) is 4.79 Å². The van der Waals surface area contributed by atoms with E-state index in [1.165, 1.54) is 7.11 Å². The van der Waals surface area contributed by atoms with E-state index in [2.05, 4.69) is 17.0 Å². The molecule has 0 aromatic rings. The molecule has 1 unspecified atom stereocenters. The maximum Gasteiger partial charge on any atom is 0.412 e. The third-order valence-electron chi connectivity index (χ3n) is 3.47. The summed E-state index contributed by atoms with van der Waals surface area (Å²) in [5, 5.41) is 10.1. The molecule has 0 radical (unpaired) electrons. The van der Waals surface area contributed by atoms with Gasteiger partial charge in [0.25, 0.3) is 0 Å². The molecular formula is C14H22N2O4. The zero-order valence-corrected chi connectivity index (χ0v) is 12.2. The highest BCUT2D eigenvalue weighted by molar-refractivity contribution is 5.93. The van der Waals surface area contributed by atoms with E-state index in [4.69, 9.17) is 10.1 Å². The van der Waals surface area contributed by atoms with Crippen LogP contribution in [0, 0.1) is 17.2 Å². The highest BCUT2D eigenvalue weighted by Crippen LogP contribution is 2.32. The van der Waals surface area contributed by atoms with E-state index in [1.54, 1.807) is 6.92 Å². The predicted octanol–water partition coefficient (Wildman–Crippen LogP) is 2.25. The van der Waals surface area contributed by atoms with Crippen molar-refractivity contribution >= 4 is 17.9 Å². The van der Waals surface area contributed by atoms with Crippen LogP contribution >= 0.6 is 0 Å². The van der Waals surface area contributed by atoms with Gasteiger partial charge >= 0.3 is 12.1 Å². The number of allylic oxidation sites excluding steroid dienone is 1. The SMILES string of the molecule is CCOC(=O)C1=CCC(C)[C@@H](CC(=N)NC(=O)OC)C1. The number of carbonyl (C=O) groups excluding carboxylic acids is 2. The zero-order valence-electron chi connectivity index (χ0n) is 12.2. The van der Waals surface area contributed by atoms with Crippen LogP contribution in [0.5, 0.6) is 0 Å². The third kappa shape index (κ3) is 4.68. The minimum atomic E-state index is -0.639. The van der Waals surface area contributed by atoms with E-state index in [0.717, 1.165) is 6.42 Å². The number of hydrogen-bond donors (Lipinski definition) is 2. The Kier molecular flexibility index (Phi) is 6.21. The molecule has 0 spiro atoms. The number of amidine groups is 1. The standard InChI is InChI=1S/C14H22N2O4/c1-4-20-13(17)10-6-5-9(2)11(7-10)8-12(15)16-14(18)19-3/h6,9,11H,4-5,7-8H2,1-3H3,(H2,15,16,18)/t9?,11-/m1/s1. The number of nitrogens with one attached hydrogen (secondary N) is 2. The lowest BCUT2D eigenvalue weighted by Gasteiger charge is -2.28. The molecule has 0 aliphatic heterocycles. The molecule has 1 aliphatic rings. The van der Waals surface area contributed by atoms with Gasteiger partial charge in [-0.15, -0.1) is 0 Å². The van der Waals surface area contributed by atoms with Gasteiger partial charge in [0.1, 0.15) is 5.84 Å². The van der Waals surface area contributed by atoms with Crippen molar-refractivity contribution in [3.8, 4) is 0 Å². The average Bonchev–Trinajstić information content (AvgIpc) is 2.41. The number of alkyl carbamates (subject to hydrolysis) is 1. The first-order valence-corrected chi connectivity index (χ1v) is 6.76. The van der Waals surface area contributed by atoms with Gasteiger partial charge in [0.05, 0.1) is 13.7 Å². The third-order valence-corrected chi connectivity index (χ3v) is 3.47. The first kappa shape index (κ1) is 16.2. The Bertz CT molecular complexity index is 417. The molecule has 0 heterocycles. The van der Waals surface area contributed by atoms with E-state index in [9.17, 15) is 9.59 Å². The van der Waals surface area contributed by atoms with Crippen LogP contribution in [0.25, 0.3) is 0 Å². The second-order valence-electron chi connectivity index (χ2n) is 4.93. The molecule has 0 aromatic carbocycles. The fourth-order valence-corrected chi connectivity index (χ4v) is 2.24. The van der Waals surface area contributed by atoms with Crippen molar-refractivity contribution in [1.82, 2.24) is 5.32 Å². The van der Waals surface area contributed by atoms with Gasteiger partial charge < -0.3 is 9.47 Å². The zero-order chi connectivity index (χ0) is 15.1. The summed E-state index contributed by atoms with van der Waals surface area (Å²) in [4.78, 5) is 22.8. The summed E-state index contributed by atoms with van der Waals surface area (Å²) in [6.07, 6.45) is 3.04. The molecular weight excluding hydrogens is 260 g/mol. The van der Waals surface area contributed by atoms with E-state index < -0.39 is 6.09 Å². The molecule has 2 atom stereocenters. The van der Waals surface area contributed by atoms with Gasteiger partial charge in [0.2, 0.25) is 0 Å².